The van der Waals surface area contributed by atoms with Crippen LogP contribution in [0, 0.1) is 5.41 Å². The summed E-state index contributed by atoms with van der Waals surface area (Å²) in [7, 11) is 3.50. The van der Waals surface area contributed by atoms with Gasteiger partial charge in [0.25, 0.3) is 0 Å². The molecule has 1 aromatic rings. The molecule has 1 aromatic carbocycles. The molecule has 2 saturated heterocycles. The van der Waals surface area contributed by atoms with Crippen molar-refractivity contribution in [2.45, 2.75) is 57.2 Å². The minimum absolute atomic E-state index is 0. The zero-order chi connectivity index (χ0) is 18.0. The molecule has 0 saturated carbocycles. The van der Waals surface area contributed by atoms with Gasteiger partial charge in [0.1, 0.15) is 11.5 Å². The van der Waals surface area contributed by atoms with Gasteiger partial charge in [-0.1, -0.05) is 31.5 Å². The van der Waals surface area contributed by atoms with Crippen molar-refractivity contribution < 1.29 is 19.1 Å². The largest absolute Gasteiger partial charge is 0.468 e. The maximum atomic E-state index is 12.9. The Kier molecular flexibility index (Phi) is 6.69. The summed E-state index contributed by atoms with van der Waals surface area (Å²) >= 11 is 0. The van der Waals surface area contributed by atoms with E-state index in [4.69, 9.17) is 9.47 Å². The minimum Gasteiger partial charge on any atom is -0.468 e. The third-order valence-electron chi connectivity index (χ3n) is 5.98. The third-order valence-corrected chi connectivity index (χ3v) is 5.98. The number of carbonyl (C=O) groups excluding carboxylic acids is 2. The second kappa shape index (κ2) is 8.40. The predicted octanol–water partition coefficient (Wildman–Crippen LogP) is 3.46. The quantitative estimate of drug-likeness (QED) is 0.731. The Morgan fingerprint density at radius 1 is 1.23 bits per heavy atom. The van der Waals surface area contributed by atoms with Gasteiger partial charge in [0, 0.05) is 18.5 Å². The van der Waals surface area contributed by atoms with E-state index in [0.717, 1.165) is 19.3 Å². The van der Waals surface area contributed by atoms with Crippen molar-refractivity contribution in [2.75, 3.05) is 14.2 Å². The van der Waals surface area contributed by atoms with Crippen LogP contribution in [0.4, 0.5) is 0 Å². The van der Waals surface area contributed by atoms with Crippen LogP contribution < -0.4 is 0 Å². The molecule has 0 aliphatic carbocycles. The molecule has 2 aliphatic rings. The van der Waals surface area contributed by atoms with Gasteiger partial charge >= 0.3 is 11.9 Å². The summed E-state index contributed by atoms with van der Waals surface area (Å²) in [5.41, 5.74) is -0.264. The van der Waals surface area contributed by atoms with Crippen molar-refractivity contribution in [1.29, 1.82) is 0 Å². The molecule has 0 aromatic heterocycles. The van der Waals surface area contributed by atoms with Crippen molar-refractivity contribution in [3.8, 4) is 0 Å². The number of ether oxygens (including phenoxy) is 2. The number of piperidine rings is 1. The number of fused-ring (bicyclic) bond motifs is 2. The van der Waals surface area contributed by atoms with Gasteiger partial charge in [0.15, 0.2) is 0 Å². The molecule has 2 bridgehead atoms. The van der Waals surface area contributed by atoms with Crippen molar-refractivity contribution in [3.63, 3.8) is 0 Å². The van der Waals surface area contributed by atoms with E-state index >= 15 is 0 Å². The standard InChI is InChI=1S/C20H27NO4.ClH/c1-4-12-20(19(23)24-3)16-11-10-15(21(16)2)13-17(20)25-18(22)14-8-6-5-7-9-14;/h5-9,15-17H,4,10-13H2,1-3H3;1H/t15-,16+,17+,20-;/m1./s1. The molecule has 3 rings (SSSR count). The monoisotopic (exact) mass is 381 g/mol. The zero-order valence-electron chi connectivity index (χ0n) is 15.6. The normalized spacial score (nSPS) is 30.3. The number of methoxy groups -OCH3 is 1. The first-order valence-corrected chi connectivity index (χ1v) is 9.11. The number of hydrogen-bond acceptors (Lipinski definition) is 5. The molecule has 0 amide bonds. The van der Waals surface area contributed by atoms with Gasteiger partial charge in [0.2, 0.25) is 0 Å². The van der Waals surface area contributed by atoms with Gasteiger partial charge in [-0.15, -0.1) is 12.4 Å². The van der Waals surface area contributed by atoms with E-state index in [0.29, 0.717) is 24.4 Å². The summed E-state index contributed by atoms with van der Waals surface area (Å²) in [5, 5.41) is 0. The molecule has 2 heterocycles. The summed E-state index contributed by atoms with van der Waals surface area (Å²) in [4.78, 5) is 27.8. The fourth-order valence-corrected chi connectivity index (χ4v) is 4.81. The third kappa shape index (κ3) is 3.35. The summed E-state index contributed by atoms with van der Waals surface area (Å²) in [6.07, 6.45) is 3.71. The Bertz CT molecular complexity index is 638. The molecule has 0 unspecified atom stereocenters. The van der Waals surface area contributed by atoms with E-state index < -0.39 is 11.5 Å². The first-order chi connectivity index (χ1) is 12.0. The molecular formula is C20H28ClNO4. The van der Waals surface area contributed by atoms with Crippen LogP contribution in [-0.4, -0.2) is 49.2 Å². The molecule has 0 radical (unpaired) electrons. The van der Waals surface area contributed by atoms with Crippen LogP contribution in [0.25, 0.3) is 0 Å². The highest BCUT2D eigenvalue weighted by Crippen LogP contribution is 2.50. The Balaban J connectivity index is 0.00000243. The van der Waals surface area contributed by atoms with Gasteiger partial charge in [-0.2, -0.15) is 0 Å². The average Bonchev–Trinajstić information content (AvgIpc) is 2.91. The minimum atomic E-state index is -0.782. The lowest BCUT2D eigenvalue weighted by atomic mass is 9.68. The average molecular weight is 382 g/mol. The maximum absolute atomic E-state index is 12.9. The van der Waals surface area contributed by atoms with Gasteiger partial charge < -0.3 is 9.47 Å². The van der Waals surface area contributed by atoms with E-state index in [2.05, 4.69) is 18.9 Å². The van der Waals surface area contributed by atoms with Gasteiger partial charge in [-0.25, -0.2) is 4.79 Å². The fraction of sp³-hybridized carbons (Fsp3) is 0.600. The Hall–Kier alpha value is -1.59. The first-order valence-electron chi connectivity index (χ1n) is 9.11. The Morgan fingerprint density at radius 2 is 1.92 bits per heavy atom. The lowest BCUT2D eigenvalue weighted by Crippen LogP contribution is -2.62. The molecule has 6 heteroatoms. The van der Waals surface area contributed by atoms with E-state index in [1.165, 1.54) is 7.11 Å². The number of carbonyl (C=O) groups is 2. The van der Waals surface area contributed by atoms with Crippen molar-refractivity contribution >= 4 is 24.3 Å². The predicted molar refractivity (Wildman–Crippen MR) is 101 cm³/mol. The van der Waals surface area contributed by atoms with Crippen LogP contribution in [-0.2, 0) is 14.3 Å². The van der Waals surface area contributed by atoms with E-state index in [9.17, 15) is 9.59 Å². The number of halogens is 1. The SMILES string of the molecule is CCC[C@]1(C(=O)OC)[C@@H](OC(=O)c2ccccc2)C[C@H]2CC[C@@H]1N2C.Cl. The number of hydrogen-bond donors (Lipinski definition) is 0. The number of esters is 2. The summed E-state index contributed by atoms with van der Waals surface area (Å²) in [6, 6.07) is 9.39. The summed E-state index contributed by atoms with van der Waals surface area (Å²) in [5.74, 6) is -0.614. The molecular weight excluding hydrogens is 354 g/mol. The van der Waals surface area contributed by atoms with E-state index in [-0.39, 0.29) is 30.4 Å². The van der Waals surface area contributed by atoms with E-state index in [1.807, 2.05) is 18.2 Å². The number of benzene rings is 1. The molecule has 0 spiro atoms. The van der Waals surface area contributed by atoms with E-state index in [1.54, 1.807) is 12.1 Å². The van der Waals surface area contributed by atoms with Crippen LogP contribution in [0.2, 0.25) is 0 Å². The smallest absolute Gasteiger partial charge is 0.338 e. The van der Waals surface area contributed by atoms with Gasteiger partial charge in [0.05, 0.1) is 12.7 Å². The molecule has 26 heavy (non-hydrogen) atoms. The molecule has 5 nitrogen and oxygen atoms in total. The Morgan fingerprint density at radius 3 is 2.54 bits per heavy atom. The van der Waals surface area contributed by atoms with Crippen LogP contribution in [0.3, 0.4) is 0 Å². The van der Waals surface area contributed by atoms with Crippen molar-refractivity contribution in [3.05, 3.63) is 35.9 Å². The van der Waals surface area contributed by atoms with Crippen LogP contribution in [0.15, 0.2) is 30.3 Å². The zero-order valence-corrected chi connectivity index (χ0v) is 16.5. The maximum Gasteiger partial charge on any atom is 0.338 e. The molecule has 144 valence electrons. The Labute approximate surface area is 161 Å². The van der Waals surface area contributed by atoms with Crippen LogP contribution >= 0.6 is 12.4 Å². The number of nitrogens with zero attached hydrogens (tertiary/aromatic N) is 1. The van der Waals surface area contributed by atoms with Crippen LogP contribution in [0.1, 0.15) is 49.4 Å². The summed E-state index contributed by atoms with van der Waals surface area (Å²) < 4.78 is 11.1. The summed E-state index contributed by atoms with van der Waals surface area (Å²) in [6.45, 7) is 2.06. The number of rotatable bonds is 5. The lowest BCUT2D eigenvalue weighted by Gasteiger charge is -2.49. The van der Waals surface area contributed by atoms with Crippen LogP contribution in [0.5, 0.6) is 0 Å². The fourth-order valence-electron chi connectivity index (χ4n) is 4.81. The first kappa shape index (κ1) is 20.7. The van der Waals surface area contributed by atoms with Gasteiger partial charge in [-0.3, -0.25) is 9.69 Å². The van der Waals surface area contributed by atoms with Crippen molar-refractivity contribution in [1.82, 2.24) is 4.90 Å². The topological polar surface area (TPSA) is 55.8 Å². The highest BCUT2D eigenvalue weighted by molar-refractivity contribution is 5.90. The lowest BCUT2D eigenvalue weighted by molar-refractivity contribution is -0.175. The van der Waals surface area contributed by atoms with Crippen molar-refractivity contribution in [2.24, 2.45) is 5.41 Å². The molecule has 2 fully saturated rings. The molecule has 4 atom stereocenters. The molecule has 2 aliphatic heterocycles. The second-order valence-electron chi connectivity index (χ2n) is 7.19. The highest BCUT2D eigenvalue weighted by Gasteiger charge is 2.61. The van der Waals surface area contributed by atoms with Gasteiger partial charge in [-0.05, 0) is 38.4 Å². The second-order valence-corrected chi connectivity index (χ2v) is 7.19. The molecule has 0 N–H and O–H groups in total. The highest BCUT2D eigenvalue weighted by atomic mass is 35.5.